The second-order valence-electron chi connectivity index (χ2n) is 5.20. The number of hydrogen-bond donors (Lipinski definition) is 1. The average molecular weight is 285 g/mol. The summed E-state index contributed by atoms with van der Waals surface area (Å²) < 4.78 is 10.6. The van der Waals surface area contributed by atoms with Crippen LogP contribution in [0.5, 0.6) is 11.5 Å². The average Bonchev–Trinajstić information content (AvgIpc) is 2.95. The van der Waals surface area contributed by atoms with E-state index in [1.807, 2.05) is 18.2 Å². The highest BCUT2D eigenvalue weighted by Crippen LogP contribution is 2.37. The molecule has 108 valence electrons. The van der Waals surface area contributed by atoms with Crippen molar-refractivity contribution in [2.75, 3.05) is 6.79 Å². The number of fused-ring (bicyclic) bond motifs is 1. The molecule has 0 radical (unpaired) electrons. The molecule has 3 rings (SSSR count). The Morgan fingerprint density at radius 1 is 1.29 bits per heavy atom. The zero-order chi connectivity index (χ0) is 14.9. The van der Waals surface area contributed by atoms with Crippen LogP contribution in [0.3, 0.4) is 0 Å². The molecule has 0 spiro atoms. The van der Waals surface area contributed by atoms with Crippen LogP contribution in [0.1, 0.15) is 18.2 Å². The van der Waals surface area contributed by atoms with Crippen molar-refractivity contribution < 1.29 is 19.4 Å². The second kappa shape index (κ2) is 5.09. The first-order valence-corrected chi connectivity index (χ1v) is 6.63. The molecule has 1 aliphatic rings. The molecule has 5 nitrogen and oxygen atoms in total. The third-order valence-electron chi connectivity index (χ3n) is 3.74. The van der Waals surface area contributed by atoms with Crippen molar-refractivity contribution in [1.82, 2.24) is 4.98 Å². The Morgan fingerprint density at radius 2 is 2.10 bits per heavy atom. The molecule has 1 aromatic carbocycles. The highest BCUT2D eigenvalue weighted by Gasteiger charge is 2.37. The van der Waals surface area contributed by atoms with Gasteiger partial charge in [-0.25, -0.2) is 0 Å². The summed E-state index contributed by atoms with van der Waals surface area (Å²) >= 11 is 0. The molecular formula is C16H15NO4. The van der Waals surface area contributed by atoms with E-state index < -0.39 is 11.4 Å². The molecule has 1 unspecified atom stereocenters. The molecule has 1 aromatic heterocycles. The lowest BCUT2D eigenvalue weighted by atomic mass is 9.78. The van der Waals surface area contributed by atoms with Crippen molar-refractivity contribution in [2.24, 2.45) is 0 Å². The molecule has 21 heavy (non-hydrogen) atoms. The van der Waals surface area contributed by atoms with Gasteiger partial charge in [0.05, 0.1) is 5.41 Å². The third kappa shape index (κ3) is 2.42. The van der Waals surface area contributed by atoms with Crippen molar-refractivity contribution >= 4 is 5.97 Å². The van der Waals surface area contributed by atoms with Gasteiger partial charge in [0, 0.05) is 18.3 Å². The number of rotatable bonds is 4. The SMILES string of the molecule is CC(Cc1ccccn1)(C(=O)O)c1ccc2c(c1)OCO2. The van der Waals surface area contributed by atoms with Crippen LogP contribution in [-0.4, -0.2) is 22.9 Å². The first-order valence-electron chi connectivity index (χ1n) is 6.63. The van der Waals surface area contributed by atoms with Gasteiger partial charge in [0.2, 0.25) is 6.79 Å². The van der Waals surface area contributed by atoms with Crippen LogP contribution in [0.2, 0.25) is 0 Å². The number of aromatic nitrogens is 1. The standard InChI is InChI=1S/C16H15NO4/c1-16(15(18)19,9-12-4-2-3-7-17-12)11-5-6-13-14(8-11)21-10-20-13/h2-8H,9-10H2,1H3,(H,18,19). The van der Waals surface area contributed by atoms with Gasteiger partial charge in [0.25, 0.3) is 0 Å². The summed E-state index contributed by atoms with van der Waals surface area (Å²) in [7, 11) is 0. The van der Waals surface area contributed by atoms with Crippen LogP contribution in [0.15, 0.2) is 42.6 Å². The third-order valence-corrected chi connectivity index (χ3v) is 3.74. The second-order valence-corrected chi connectivity index (χ2v) is 5.20. The number of hydrogen-bond acceptors (Lipinski definition) is 4. The molecule has 0 aliphatic carbocycles. The number of aliphatic carboxylic acids is 1. The first kappa shape index (κ1) is 13.4. The van der Waals surface area contributed by atoms with Crippen LogP contribution in [0.25, 0.3) is 0 Å². The van der Waals surface area contributed by atoms with Gasteiger partial charge in [-0.3, -0.25) is 9.78 Å². The normalized spacial score (nSPS) is 15.5. The van der Waals surface area contributed by atoms with E-state index in [4.69, 9.17) is 9.47 Å². The fraction of sp³-hybridized carbons (Fsp3) is 0.250. The van der Waals surface area contributed by atoms with Gasteiger partial charge in [-0.05, 0) is 36.8 Å². The van der Waals surface area contributed by atoms with Gasteiger partial charge in [-0.1, -0.05) is 12.1 Å². The van der Waals surface area contributed by atoms with Crippen LogP contribution >= 0.6 is 0 Å². The fourth-order valence-electron chi connectivity index (χ4n) is 2.41. The number of benzene rings is 1. The molecule has 1 atom stereocenters. The predicted octanol–water partition coefficient (Wildman–Crippen LogP) is 2.40. The summed E-state index contributed by atoms with van der Waals surface area (Å²) in [6, 6.07) is 10.7. The Hall–Kier alpha value is -2.56. The van der Waals surface area contributed by atoms with E-state index in [2.05, 4.69) is 4.98 Å². The Bertz CT molecular complexity index is 671. The smallest absolute Gasteiger partial charge is 0.314 e. The largest absolute Gasteiger partial charge is 0.481 e. The van der Waals surface area contributed by atoms with Crippen molar-refractivity contribution in [2.45, 2.75) is 18.8 Å². The summed E-state index contributed by atoms with van der Waals surface area (Å²) in [5, 5.41) is 9.70. The monoisotopic (exact) mass is 285 g/mol. The molecule has 0 amide bonds. The maximum Gasteiger partial charge on any atom is 0.314 e. The lowest BCUT2D eigenvalue weighted by Crippen LogP contribution is -2.35. The Morgan fingerprint density at radius 3 is 2.81 bits per heavy atom. The zero-order valence-electron chi connectivity index (χ0n) is 11.6. The molecule has 1 N–H and O–H groups in total. The minimum Gasteiger partial charge on any atom is -0.481 e. The maximum absolute atomic E-state index is 11.8. The topological polar surface area (TPSA) is 68.7 Å². The van der Waals surface area contributed by atoms with Gasteiger partial charge < -0.3 is 14.6 Å². The van der Waals surface area contributed by atoms with Gasteiger partial charge in [0.1, 0.15) is 0 Å². The minimum absolute atomic E-state index is 0.169. The lowest BCUT2D eigenvalue weighted by molar-refractivity contribution is -0.143. The zero-order valence-corrected chi connectivity index (χ0v) is 11.6. The van der Waals surface area contributed by atoms with Crippen LogP contribution in [-0.2, 0) is 16.6 Å². The van der Waals surface area contributed by atoms with Gasteiger partial charge in [0.15, 0.2) is 11.5 Å². The molecule has 0 fully saturated rings. The number of pyridine rings is 1. The fourth-order valence-corrected chi connectivity index (χ4v) is 2.41. The van der Waals surface area contributed by atoms with E-state index in [0.717, 1.165) is 5.69 Å². The summed E-state index contributed by atoms with van der Waals surface area (Å²) in [6.07, 6.45) is 1.97. The molecule has 1 aliphatic heterocycles. The molecular weight excluding hydrogens is 270 g/mol. The van der Waals surface area contributed by atoms with Crippen LogP contribution in [0.4, 0.5) is 0 Å². The number of ether oxygens (including phenoxy) is 2. The summed E-state index contributed by atoms with van der Waals surface area (Å²) in [5.41, 5.74) is 0.333. The highest BCUT2D eigenvalue weighted by molar-refractivity contribution is 5.81. The molecule has 5 heteroatoms. The molecule has 0 bridgehead atoms. The van der Waals surface area contributed by atoms with Crippen LogP contribution in [0, 0.1) is 0 Å². The summed E-state index contributed by atoms with van der Waals surface area (Å²) in [6.45, 7) is 1.87. The predicted molar refractivity (Wildman–Crippen MR) is 75.5 cm³/mol. The quantitative estimate of drug-likeness (QED) is 0.934. The van der Waals surface area contributed by atoms with E-state index in [1.54, 1.807) is 31.3 Å². The van der Waals surface area contributed by atoms with E-state index in [0.29, 0.717) is 23.5 Å². The maximum atomic E-state index is 11.8. The number of carboxylic acids is 1. The lowest BCUT2D eigenvalue weighted by Gasteiger charge is -2.25. The van der Waals surface area contributed by atoms with E-state index >= 15 is 0 Å². The van der Waals surface area contributed by atoms with Crippen molar-refractivity contribution in [1.29, 1.82) is 0 Å². The number of carbonyl (C=O) groups is 1. The summed E-state index contributed by atoms with van der Waals surface area (Å²) in [4.78, 5) is 16.1. The van der Waals surface area contributed by atoms with Gasteiger partial charge in [-0.2, -0.15) is 0 Å². The molecule has 0 saturated heterocycles. The van der Waals surface area contributed by atoms with E-state index in [-0.39, 0.29) is 6.79 Å². The van der Waals surface area contributed by atoms with Crippen molar-refractivity contribution in [3.63, 3.8) is 0 Å². The number of nitrogens with zero attached hydrogens (tertiary/aromatic N) is 1. The molecule has 2 heterocycles. The van der Waals surface area contributed by atoms with E-state index in [1.165, 1.54) is 0 Å². The first-order chi connectivity index (χ1) is 10.1. The highest BCUT2D eigenvalue weighted by atomic mass is 16.7. The molecule has 2 aromatic rings. The number of carboxylic acid groups (broad SMARTS) is 1. The Balaban J connectivity index is 1.99. The minimum atomic E-state index is -1.07. The Labute approximate surface area is 122 Å². The van der Waals surface area contributed by atoms with Crippen molar-refractivity contribution in [3.8, 4) is 11.5 Å². The van der Waals surface area contributed by atoms with Gasteiger partial charge in [-0.15, -0.1) is 0 Å². The Kier molecular flexibility index (Phi) is 3.25. The summed E-state index contributed by atoms with van der Waals surface area (Å²) in [5.74, 6) is 0.331. The van der Waals surface area contributed by atoms with Crippen LogP contribution < -0.4 is 9.47 Å². The van der Waals surface area contributed by atoms with Gasteiger partial charge >= 0.3 is 5.97 Å². The van der Waals surface area contributed by atoms with E-state index in [9.17, 15) is 9.90 Å². The molecule has 0 saturated carbocycles. The van der Waals surface area contributed by atoms with Crippen molar-refractivity contribution in [3.05, 3.63) is 53.9 Å².